The van der Waals surface area contributed by atoms with E-state index in [4.69, 9.17) is 4.74 Å². The van der Waals surface area contributed by atoms with Crippen LogP contribution in [0.5, 0.6) is 5.75 Å². The molecular weight excluding hydrogens is 376 g/mol. The first-order valence-electron chi connectivity index (χ1n) is 8.48. The molecule has 0 unspecified atom stereocenters. The zero-order valence-electron chi connectivity index (χ0n) is 15.3. The van der Waals surface area contributed by atoms with Crippen molar-refractivity contribution >= 4 is 29.2 Å². The SMILES string of the molecule is CC(=O)Oc1cccc(C(=O)Nc2cccc(NC(=O)c3ccc(=O)[nH]n3)c2)c1. The summed E-state index contributed by atoms with van der Waals surface area (Å²) in [6.45, 7) is 1.27. The molecule has 0 spiro atoms. The van der Waals surface area contributed by atoms with E-state index in [1.54, 1.807) is 42.5 Å². The molecule has 3 aromatic rings. The number of H-pyrrole nitrogens is 1. The molecule has 0 saturated carbocycles. The van der Waals surface area contributed by atoms with Gasteiger partial charge >= 0.3 is 5.97 Å². The zero-order chi connectivity index (χ0) is 20.8. The number of carbonyl (C=O) groups is 3. The molecule has 0 aliphatic carbocycles. The number of rotatable bonds is 5. The van der Waals surface area contributed by atoms with Crippen molar-refractivity contribution in [2.45, 2.75) is 6.92 Å². The van der Waals surface area contributed by atoms with Gasteiger partial charge in [0, 0.05) is 29.9 Å². The first kappa shape index (κ1) is 19.5. The molecular formula is C20H16N4O5. The van der Waals surface area contributed by atoms with Gasteiger partial charge in [-0.25, -0.2) is 5.10 Å². The van der Waals surface area contributed by atoms with Crippen LogP contribution in [0.1, 0.15) is 27.8 Å². The first-order valence-corrected chi connectivity index (χ1v) is 8.48. The number of benzene rings is 2. The summed E-state index contributed by atoms with van der Waals surface area (Å²) in [6, 6.07) is 15.2. The van der Waals surface area contributed by atoms with Crippen molar-refractivity contribution < 1.29 is 19.1 Å². The minimum atomic E-state index is -0.515. The molecule has 0 aliphatic heterocycles. The van der Waals surface area contributed by atoms with E-state index in [1.807, 2.05) is 0 Å². The Balaban J connectivity index is 1.70. The zero-order valence-corrected chi connectivity index (χ0v) is 15.3. The number of hydrogen-bond acceptors (Lipinski definition) is 6. The lowest BCUT2D eigenvalue weighted by Crippen LogP contribution is -2.17. The van der Waals surface area contributed by atoms with Crippen molar-refractivity contribution in [1.82, 2.24) is 10.2 Å². The third kappa shape index (κ3) is 5.36. The largest absolute Gasteiger partial charge is 0.427 e. The van der Waals surface area contributed by atoms with Gasteiger partial charge in [-0.1, -0.05) is 12.1 Å². The van der Waals surface area contributed by atoms with Crippen molar-refractivity contribution in [3.8, 4) is 5.75 Å². The summed E-state index contributed by atoms with van der Waals surface area (Å²) in [5.41, 5.74) is 0.801. The van der Waals surface area contributed by atoms with Crippen LogP contribution in [0.15, 0.2) is 65.5 Å². The van der Waals surface area contributed by atoms with Crippen LogP contribution < -0.4 is 20.9 Å². The quantitative estimate of drug-likeness (QED) is 0.451. The van der Waals surface area contributed by atoms with Crippen LogP contribution in [0.25, 0.3) is 0 Å². The second-order valence-corrected chi connectivity index (χ2v) is 5.92. The van der Waals surface area contributed by atoms with Gasteiger partial charge in [-0.15, -0.1) is 0 Å². The fourth-order valence-corrected chi connectivity index (χ4v) is 2.41. The Hall–Kier alpha value is -4.27. The number of carbonyl (C=O) groups excluding carboxylic acids is 3. The molecule has 1 aromatic heterocycles. The van der Waals surface area contributed by atoms with E-state index in [2.05, 4.69) is 20.8 Å². The summed E-state index contributed by atoms with van der Waals surface area (Å²) in [4.78, 5) is 46.7. The van der Waals surface area contributed by atoms with E-state index in [1.165, 1.54) is 25.1 Å². The van der Waals surface area contributed by atoms with Crippen molar-refractivity contribution in [3.63, 3.8) is 0 Å². The molecule has 29 heavy (non-hydrogen) atoms. The average Bonchev–Trinajstić information content (AvgIpc) is 2.68. The van der Waals surface area contributed by atoms with E-state index in [0.29, 0.717) is 16.9 Å². The summed E-state index contributed by atoms with van der Waals surface area (Å²) in [5.74, 6) is -1.15. The molecule has 9 heteroatoms. The highest BCUT2D eigenvalue weighted by atomic mass is 16.5. The van der Waals surface area contributed by atoms with E-state index in [-0.39, 0.29) is 11.4 Å². The number of anilines is 2. The molecule has 3 rings (SSSR count). The molecule has 2 aromatic carbocycles. The van der Waals surface area contributed by atoms with Crippen molar-refractivity contribution in [1.29, 1.82) is 0 Å². The van der Waals surface area contributed by atoms with Crippen LogP contribution >= 0.6 is 0 Å². The number of amides is 2. The fourth-order valence-electron chi connectivity index (χ4n) is 2.41. The summed E-state index contributed by atoms with van der Waals surface area (Å²) in [7, 11) is 0. The molecule has 3 N–H and O–H groups in total. The Labute approximate surface area is 164 Å². The molecule has 0 bridgehead atoms. The summed E-state index contributed by atoms with van der Waals surface area (Å²) in [6.07, 6.45) is 0. The standard InChI is InChI=1S/C20H16N4O5/c1-12(25)29-16-7-2-4-13(10-16)19(27)21-14-5-3-6-15(11-14)22-20(28)17-8-9-18(26)24-23-17/h2-11H,1H3,(H,21,27)(H,22,28)(H,24,26). The number of nitrogens with zero attached hydrogens (tertiary/aromatic N) is 1. The Kier molecular flexibility index (Phi) is 5.79. The average molecular weight is 392 g/mol. The molecule has 0 radical (unpaired) electrons. The van der Waals surface area contributed by atoms with Gasteiger partial charge < -0.3 is 15.4 Å². The van der Waals surface area contributed by atoms with Gasteiger partial charge in [0.15, 0.2) is 0 Å². The summed E-state index contributed by atoms with van der Waals surface area (Å²) in [5, 5.41) is 11.2. The van der Waals surface area contributed by atoms with E-state index < -0.39 is 23.3 Å². The van der Waals surface area contributed by atoms with Gasteiger partial charge in [0.2, 0.25) is 0 Å². The van der Waals surface area contributed by atoms with Crippen molar-refractivity contribution in [2.75, 3.05) is 10.6 Å². The third-order valence-electron chi connectivity index (χ3n) is 3.65. The van der Waals surface area contributed by atoms with Gasteiger partial charge in [0.05, 0.1) is 0 Å². The molecule has 0 aliphatic rings. The predicted molar refractivity (Wildman–Crippen MR) is 105 cm³/mol. The van der Waals surface area contributed by atoms with Crippen molar-refractivity contribution in [2.24, 2.45) is 0 Å². The number of nitrogens with one attached hydrogen (secondary N) is 3. The Bertz CT molecular complexity index is 1120. The van der Waals surface area contributed by atoms with Crippen LogP contribution in [-0.2, 0) is 4.79 Å². The second kappa shape index (κ2) is 8.61. The van der Waals surface area contributed by atoms with Gasteiger partial charge in [0.25, 0.3) is 17.4 Å². The first-order chi connectivity index (χ1) is 13.9. The van der Waals surface area contributed by atoms with E-state index in [9.17, 15) is 19.2 Å². The number of aromatic amines is 1. The molecule has 0 atom stereocenters. The predicted octanol–water partition coefficient (Wildman–Crippen LogP) is 2.20. The Morgan fingerprint density at radius 2 is 1.59 bits per heavy atom. The van der Waals surface area contributed by atoms with E-state index in [0.717, 1.165) is 0 Å². The number of aromatic nitrogens is 2. The molecule has 0 fully saturated rings. The highest BCUT2D eigenvalue weighted by molar-refractivity contribution is 6.06. The molecule has 9 nitrogen and oxygen atoms in total. The highest BCUT2D eigenvalue weighted by Gasteiger charge is 2.11. The smallest absolute Gasteiger partial charge is 0.308 e. The molecule has 146 valence electrons. The van der Waals surface area contributed by atoms with Gasteiger partial charge in [-0.3, -0.25) is 19.2 Å². The lowest BCUT2D eigenvalue weighted by Gasteiger charge is -2.09. The number of ether oxygens (including phenoxy) is 1. The van der Waals surface area contributed by atoms with Crippen LogP contribution in [0.4, 0.5) is 11.4 Å². The van der Waals surface area contributed by atoms with Gasteiger partial charge in [0.1, 0.15) is 11.4 Å². The van der Waals surface area contributed by atoms with Crippen LogP contribution in [0, 0.1) is 0 Å². The van der Waals surface area contributed by atoms with Crippen LogP contribution in [-0.4, -0.2) is 28.0 Å². The topological polar surface area (TPSA) is 130 Å². The monoisotopic (exact) mass is 392 g/mol. The van der Waals surface area contributed by atoms with Crippen molar-refractivity contribution in [3.05, 3.63) is 82.3 Å². The Morgan fingerprint density at radius 3 is 2.24 bits per heavy atom. The third-order valence-corrected chi connectivity index (χ3v) is 3.65. The summed E-state index contributed by atoms with van der Waals surface area (Å²) < 4.78 is 4.97. The maximum absolute atomic E-state index is 12.5. The van der Waals surface area contributed by atoms with E-state index >= 15 is 0 Å². The minimum Gasteiger partial charge on any atom is -0.427 e. The molecule has 2 amide bonds. The highest BCUT2D eigenvalue weighted by Crippen LogP contribution is 2.18. The fraction of sp³-hybridized carbons (Fsp3) is 0.0500. The second-order valence-electron chi connectivity index (χ2n) is 5.92. The number of hydrogen-bond donors (Lipinski definition) is 3. The maximum atomic E-state index is 12.5. The number of esters is 1. The Morgan fingerprint density at radius 1 is 0.897 bits per heavy atom. The van der Waals surface area contributed by atoms with Gasteiger partial charge in [-0.05, 0) is 42.5 Å². The summed E-state index contributed by atoms with van der Waals surface area (Å²) >= 11 is 0. The molecule has 1 heterocycles. The lowest BCUT2D eigenvalue weighted by atomic mass is 10.2. The minimum absolute atomic E-state index is 0.0429. The van der Waals surface area contributed by atoms with Crippen LogP contribution in [0.2, 0.25) is 0 Å². The normalized spacial score (nSPS) is 10.1. The van der Waals surface area contributed by atoms with Gasteiger partial charge in [-0.2, -0.15) is 5.10 Å². The maximum Gasteiger partial charge on any atom is 0.308 e. The van der Waals surface area contributed by atoms with Crippen LogP contribution in [0.3, 0.4) is 0 Å². The molecule has 0 saturated heterocycles. The lowest BCUT2D eigenvalue weighted by molar-refractivity contribution is -0.131.